The SMILES string of the molecule is NC1(CCc2cc(F)cc(Cl)c2)CC1. The van der Waals surface area contributed by atoms with E-state index in [2.05, 4.69) is 0 Å². The fourth-order valence-corrected chi connectivity index (χ4v) is 1.80. The molecule has 2 N–H and O–H groups in total. The van der Waals surface area contributed by atoms with Gasteiger partial charge in [-0.2, -0.15) is 0 Å². The zero-order chi connectivity index (χ0) is 10.2. The molecule has 1 aromatic rings. The van der Waals surface area contributed by atoms with E-state index >= 15 is 0 Å². The summed E-state index contributed by atoms with van der Waals surface area (Å²) in [5.41, 5.74) is 6.91. The first-order valence-electron chi connectivity index (χ1n) is 4.81. The number of rotatable bonds is 3. The second-order valence-electron chi connectivity index (χ2n) is 4.14. The molecule has 0 amide bonds. The number of hydrogen-bond donors (Lipinski definition) is 1. The third-order valence-corrected chi connectivity index (χ3v) is 2.94. The van der Waals surface area contributed by atoms with Crippen LogP contribution in [0.4, 0.5) is 4.39 Å². The average molecular weight is 214 g/mol. The number of hydrogen-bond acceptors (Lipinski definition) is 1. The van der Waals surface area contributed by atoms with Crippen LogP contribution in [0.15, 0.2) is 18.2 Å². The summed E-state index contributed by atoms with van der Waals surface area (Å²) in [6, 6.07) is 4.65. The first-order chi connectivity index (χ1) is 6.57. The highest BCUT2D eigenvalue weighted by Crippen LogP contribution is 2.36. The average Bonchev–Trinajstić information content (AvgIpc) is 2.80. The number of halogens is 2. The van der Waals surface area contributed by atoms with Crippen LogP contribution in [-0.4, -0.2) is 5.54 Å². The van der Waals surface area contributed by atoms with Gasteiger partial charge in [0.2, 0.25) is 0 Å². The molecule has 1 aliphatic carbocycles. The summed E-state index contributed by atoms with van der Waals surface area (Å²) in [5.74, 6) is -0.269. The molecule has 0 aromatic heterocycles. The Labute approximate surface area is 88.1 Å². The molecule has 1 fully saturated rings. The summed E-state index contributed by atoms with van der Waals surface area (Å²) in [5, 5.41) is 0.460. The first-order valence-corrected chi connectivity index (χ1v) is 5.19. The van der Waals surface area contributed by atoms with Gasteiger partial charge >= 0.3 is 0 Å². The fraction of sp³-hybridized carbons (Fsp3) is 0.455. The molecule has 0 bridgehead atoms. The smallest absolute Gasteiger partial charge is 0.124 e. The minimum absolute atomic E-state index is 0.0266. The summed E-state index contributed by atoms with van der Waals surface area (Å²) in [6.07, 6.45) is 3.92. The summed E-state index contributed by atoms with van der Waals surface area (Å²) >= 11 is 5.74. The standard InChI is InChI=1S/C11H13ClFN/c12-9-5-8(6-10(13)7-9)1-2-11(14)3-4-11/h5-7H,1-4,14H2. The lowest BCUT2D eigenvalue weighted by Crippen LogP contribution is -2.22. The molecule has 76 valence electrons. The Morgan fingerprint density at radius 3 is 2.64 bits per heavy atom. The van der Waals surface area contributed by atoms with Gasteiger partial charge in [0, 0.05) is 10.6 Å². The van der Waals surface area contributed by atoms with Gasteiger partial charge in [0.1, 0.15) is 5.82 Å². The van der Waals surface area contributed by atoms with Crippen molar-refractivity contribution in [2.75, 3.05) is 0 Å². The van der Waals surface area contributed by atoms with E-state index in [0.29, 0.717) is 5.02 Å². The number of aryl methyl sites for hydroxylation is 1. The van der Waals surface area contributed by atoms with Crippen molar-refractivity contribution in [3.8, 4) is 0 Å². The third kappa shape index (κ3) is 2.46. The summed E-state index contributed by atoms with van der Waals surface area (Å²) in [6.45, 7) is 0. The van der Waals surface area contributed by atoms with Gasteiger partial charge in [-0.25, -0.2) is 4.39 Å². The van der Waals surface area contributed by atoms with Gasteiger partial charge in [-0.05, 0) is 49.4 Å². The maximum absolute atomic E-state index is 12.9. The zero-order valence-corrected chi connectivity index (χ0v) is 8.65. The Morgan fingerprint density at radius 1 is 1.36 bits per heavy atom. The summed E-state index contributed by atoms with van der Waals surface area (Å²) < 4.78 is 12.9. The van der Waals surface area contributed by atoms with Crippen LogP contribution in [0, 0.1) is 5.82 Å². The quantitative estimate of drug-likeness (QED) is 0.821. The highest BCUT2D eigenvalue weighted by atomic mass is 35.5. The molecular formula is C11H13ClFN. The monoisotopic (exact) mass is 213 g/mol. The highest BCUT2D eigenvalue weighted by molar-refractivity contribution is 6.30. The van der Waals surface area contributed by atoms with Gasteiger partial charge in [0.05, 0.1) is 0 Å². The van der Waals surface area contributed by atoms with Crippen LogP contribution in [0.3, 0.4) is 0 Å². The van der Waals surface area contributed by atoms with E-state index in [9.17, 15) is 4.39 Å². The first kappa shape index (κ1) is 9.94. The minimum Gasteiger partial charge on any atom is -0.325 e. The van der Waals surface area contributed by atoms with Gasteiger partial charge < -0.3 is 5.73 Å². The molecule has 1 nitrogen and oxygen atoms in total. The van der Waals surface area contributed by atoms with E-state index in [4.69, 9.17) is 17.3 Å². The Balaban J connectivity index is 2.01. The second kappa shape index (κ2) is 3.52. The number of nitrogens with two attached hydrogens (primary N) is 1. The molecule has 0 heterocycles. The highest BCUT2D eigenvalue weighted by Gasteiger charge is 2.37. The van der Waals surface area contributed by atoms with Crippen molar-refractivity contribution in [1.82, 2.24) is 0 Å². The topological polar surface area (TPSA) is 26.0 Å². The third-order valence-electron chi connectivity index (χ3n) is 2.73. The fourth-order valence-electron chi connectivity index (χ4n) is 1.56. The largest absolute Gasteiger partial charge is 0.325 e. The molecule has 0 saturated heterocycles. The Kier molecular flexibility index (Phi) is 2.50. The van der Waals surface area contributed by atoms with E-state index in [-0.39, 0.29) is 11.4 Å². The molecule has 2 rings (SSSR count). The van der Waals surface area contributed by atoms with Gasteiger partial charge in [0.15, 0.2) is 0 Å². The van der Waals surface area contributed by atoms with Crippen LogP contribution in [0.1, 0.15) is 24.8 Å². The minimum atomic E-state index is -0.269. The van der Waals surface area contributed by atoms with Crippen molar-refractivity contribution in [3.63, 3.8) is 0 Å². The van der Waals surface area contributed by atoms with Gasteiger partial charge in [-0.3, -0.25) is 0 Å². The van der Waals surface area contributed by atoms with Crippen molar-refractivity contribution in [1.29, 1.82) is 0 Å². The van der Waals surface area contributed by atoms with Crippen molar-refractivity contribution in [2.45, 2.75) is 31.2 Å². The van der Waals surface area contributed by atoms with Crippen LogP contribution in [0.5, 0.6) is 0 Å². The molecule has 3 heteroatoms. The van der Waals surface area contributed by atoms with E-state index in [1.165, 1.54) is 12.1 Å². The van der Waals surface area contributed by atoms with Crippen LogP contribution in [0.25, 0.3) is 0 Å². The number of benzene rings is 1. The molecular weight excluding hydrogens is 201 g/mol. The maximum Gasteiger partial charge on any atom is 0.124 e. The lowest BCUT2D eigenvalue weighted by molar-refractivity contribution is 0.599. The molecule has 0 spiro atoms. The van der Waals surface area contributed by atoms with Crippen LogP contribution >= 0.6 is 11.6 Å². The van der Waals surface area contributed by atoms with Gasteiger partial charge in [-0.15, -0.1) is 0 Å². The summed E-state index contributed by atoms with van der Waals surface area (Å²) in [4.78, 5) is 0. The van der Waals surface area contributed by atoms with E-state index in [0.717, 1.165) is 31.2 Å². The van der Waals surface area contributed by atoms with Gasteiger partial charge in [-0.1, -0.05) is 11.6 Å². The normalized spacial score (nSPS) is 18.2. The maximum atomic E-state index is 12.9. The summed E-state index contributed by atoms with van der Waals surface area (Å²) in [7, 11) is 0. The predicted octanol–water partition coefficient (Wildman–Crippen LogP) is 2.90. The molecule has 0 radical (unpaired) electrons. The molecule has 0 atom stereocenters. The van der Waals surface area contributed by atoms with E-state index < -0.39 is 0 Å². The van der Waals surface area contributed by atoms with Crippen LogP contribution in [0.2, 0.25) is 5.02 Å². The van der Waals surface area contributed by atoms with Crippen molar-refractivity contribution < 1.29 is 4.39 Å². The van der Waals surface area contributed by atoms with Crippen LogP contribution < -0.4 is 5.73 Å². The Hall–Kier alpha value is -0.600. The molecule has 1 aliphatic rings. The van der Waals surface area contributed by atoms with E-state index in [1.807, 2.05) is 0 Å². The van der Waals surface area contributed by atoms with Gasteiger partial charge in [0.25, 0.3) is 0 Å². The second-order valence-corrected chi connectivity index (χ2v) is 4.58. The molecule has 0 unspecified atom stereocenters. The predicted molar refractivity (Wildman–Crippen MR) is 55.9 cm³/mol. The molecule has 1 aromatic carbocycles. The van der Waals surface area contributed by atoms with Crippen molar-refractivity contribution in [2.24, 2.45) is 5.73 Å². The van der Waals surface area contributed by atoms with Crippen LogP contribution in [-0.2, 0) is 6.42 Å². The van der Waals surface area contributed by atoms with Crippen molar-refractivity contribution in [3.05, 3.63) is 34.6 Å². The lowest BCUT2D eigenvalue weighted by atomic mass is 10.0. The lowest BCUT2D eigenvalue weighted by Gasteiger charge is -2.08. The molecule has 1 saturated carbocycles. The zero-order valence-electron chi connectivity index (χ0n) is 7.89. The van der Waals surface area contributed by atoms with E-state index in [1.54, 1.807) is 6.07 Å². The molecule has 14 heavy (non-hydrogen) atoms. The molecule has 0 aliphatic heterocycles. The van der Waals surface area contributed by atoms with Crippen molar-refractivity contribution >= 4 is 11.6 Å². The Morgan fingerprint density at radius 2 is 2.07 bits per heavy atom. The Bertz CT molecular complexity index is 327.